The van der Waals surface area contributed by atoms with Gasteiger partial charge in [-0.1, -0.05) is 0 Å². The van der Waals surface area contributed by atoms with Gasteiger partial charge in [-0.3, -0.25) is 9.59 Å². The van der Waals surface area contributed by atoms with Gasteiger partial charge < -0.3 is 0 Å². The first-order chi connectivity index (χ1) is 7.56. The number of hydrogen-bond acceptors (Lipinski definition) is 2. The van der Waals surface area contributed by atoms with E-state index < -0.39 is 35.8 Å². The lowest BCUT2D eigenvalue weighted by molar-refractivity contribution is -0.250. The Balaban J connectivity index is 5.61. The molecule has 0 atom stereocenters. The van der Waals surface area contributed by atoms with Crippen molar-refractivity contribution in [2.75, 3.05) is 0 Å². The van der Waals surface area contributed by atoms with Crippen molar-refractivity contribution in [2.45, 2.75) is 24.2 Å². The van der Waals surface area contributed by atoms with E-state index in [1.54, 1.807) is 0 Å². The minimum Gasteiger partial charge on any atom is -0.282 e. The summed E-state index contributed by atoms with van der Waals surface area (Å²) >= 11 is 0. The highest BCUT2D eigenvalue weighted by Gasteiger charge is 2.75. The van der Waals surface area contributed by atoms with Gasteiger partial charge in [0.05, 0.1) is 0 Å². The van der Waals surface area contributed by atoms with Gasteiger partial charge in [0.1, 0.15) is 0 Å². The molecular formula is C6F10O2. The molecular weight excluding hydrogens is 294 g/mol. The normalized spacial score (nSPS) is 14.6. The zero-order chi connectivity index (χ0) is 15.2. The van der Waals surface area contributed by atoms with E-state index in [-0.39, 0.29) is 0 Å². The number of carbonyl (C=O) groups excluding carboxylic acids is 2. The van der Waals surface area contributed by atoms with Crippen LogP contribution in [-0.4, -0.2) is 35.8 Å². The van der Waals surface area contributed by atoms with Crippen molar-refractivity contribution in [3.05, 3.63) is 0 Å². The zero-order valence-electron chi connectivity index (χ0n) is 7.60. The lowest BCUT2D eigenvalue weighted by Gasteiger charge is -2.25. The lowest BCUT2D eigenvalue weighted by Crippen LogP contribution is -2.59. The van der Waals surface area contributed by atoms with E-state index in [1.165, 1.54) is 0 Å². The summed E-state index contributed by atoms with van der Waals surface area (Å²) in [5.74, 6) is -22.6. The predicted molar refractivity (Wildman–Crippen MR) is 32.0 cm³/mol. The minimum absolute atomic E-state index is 4.45. The average Bonchev–Trinajstić information content (AvgIpc) is 2.12. The Morgan fingerprint density at radius 1 is 0.500 bits per heavy atom. The van der Waals surface area contributed by atoms with E-state index in [9.17, 15) is 53.5 Å². The first-order valence-corrected chi connectivity index (χ1v) is 3.55. The van der Waals surface area contributed by atoms with E-state index in [2.05, 4.69) is 0 Å². The number of Topliss-reactive ketones (excluding diaryl/α,β-unsaturated/α-hetero) is 2. The van der Waals surface area contributed by atoms with E-state index >= 15 is 0 Å². The van der Waals surface area contributed by atoms with Crippen LogP contribution in [0.1, 0.15) is 0 Å². The van der Waals surface area contributed by atoms with Gasteiger partial charge >= 0.3 is 35.8 Å². The maximum absolute atomic E-state index is 12.3. The van der Waals surface area contributed by atoms with Crippen molar-refractivity contribution in [2.24, 2.45) is 0 Å². The van der Waals surface area contributed by atoms with Gasteiger partial charge in [0.15, 0.2) is 0 Å². The summed E-state index contributed by atoms with van der Waals surface area (Å²) in [5.41, 5.74) is 0. The molecule has 0 bridgehead atoms. The Bertz CT molecular complexity index is 326. The molecule has 0 N–H and O–H groups in total. The number of halogens is 10. The summed E-state index contributed by atoms with van der Waals surface area (Å²) in [6.07, 6.45) is -13.1. The van der Waals surface area contributed by atoms with E-state index in [1.807, 2.05) is 0 Å². The third kappa shape index (κ3) is 2.72. The van der Waals surface area contributed by atoms with E-state index in [0.29, 0.717) is 0 Å². The molecule has 0 heterocycles. The quantitative estimate of drug-likeness (QED) is 0.750. The average molecular weight is 294 g/mol. The van der Waals surface area contributed by atoms with Crippen molar-refractivity contribution in [1.29, 1.82) is 0 Å². The van der Waals surface area contributed by atoms with Crippen LogP contribution in [0.15, 0.2) is 0 Å². The molecule has 0 aromatic rings. The molecule has 106 valence electrons. The SMILES string of the molecule is O=C(C(F)(F)F)C(F)(F)C(F)(F)C(=O)C(F)(F)F. The lowest BCUT2D eigenvalue weighted by atomic mass is 10.0. The second-order valence-corrected chi connectivity index (χ2v) is 2.80. The monoisotopic (exact) mass is 294 g/mol. The molecule has 0 spiro atoms. The number of carbonyl (C=O) groups is 2. The third-order valence-electron chi connectivity index (χ3n) is 1.48. The Morgan fingerprint density at radius 2 is 0.667 bits per heavy atom. The molecule has 0 aromatic heterocycles. The summed E-state index contributed by atoms with van der Waals surface area (Å²) in [6, 6.07) is 0. The molecule has 0 saturated carbocycles. The fraction of sp³-hybridized carbons (Fsp3) is 0.667. The smallest absolute Gasteiger partial charge is 0.282 e. The molecule has 0 aromatic carbocycles. The van der Waals surface area contributed by atoms with Crippen LogP contribution in [0.2, 0.25) is 0 Å². The van der Waals surface area contributed by atoms with Crippen LogP contribution in [0.5, 0.6) is 0 Å². The van der Waals surface area contributed by atoms with Crippen molar-refractivity contribution in [1.82, 2.24) is 0 Å². The fourth-order valence-electron chi connectivity index (χ4n) is 0.641. The molecule has 2 nitrogen and oxygen atoms in total. The van der Waals surface area contributed by atoms with Gasteiger partial charge in [0, 0.05) is 0 Å². The zero-order valence-corrected chi connectivity index (χ0v) is 7.60. The van der Waals surface area contributed by atoms with Gasteiger partial charge in [0.25, 0.3) is 0 Å². The second kappa shape index (κ2) is 4.09. The molecule has 0 aliphatic rings. The summed E-state index contributed by atoms with van der Waals surface area (Å²) < 4.78 is 118. The van der Waals surface area contributed by atoms with Crippen molar-refractivity contribution in [3.63, 3.8) is 0 Å². The number of hydrogen-bond donors (Lipinski definition) is 0. The molecule has 0 saturated heterocycles. The van der Waals surface area contributed by atoms with Gasteiger partial charge in [0.2, 0.25) is 0 Å². The molecule has 0 amide bonds. The van der Waals surface area contributed by atoms with Crippen molar-refractivity contribution >= 4 is 11.6 Å². The summed E-state index contributed by atoms with van der Waals surface area (Å²) in [7, 11) is 0. The van der Waals surface area contributed by atoms with Crippen LogP contribution in [0, 0.1) is 0 Å². The maximum atomic E-state index is 12.3. The van der Waals surface area contributed by atoms with Crippen LogP contribution in [0.3, 0.4) is 0 Å². The highest BCUT2D eigenvalue weighted by atomic mass is 19.4. The Morgan fingerprint density at radius 3 is 0.778 bits per heavy atom. The first-order valence-electron chi connectivity index (χ1n) is 3.55. The molecule has 0 unspecified atom stereocenters. The summed E-state index contributed by atoms with van der Waals surface area (Å²) in [5, 5.41) is 0. The molecule has 12 heteroatoms. The Kier molecular flexibility index (Phi) is 3.78. The Labute approximate surface area is 90.5 Å². The van der Waals surface area contributed by atoms with E-state index in [4.69, 9.17) is 0 Å². The standard InChI is InChI=1S/C6F10O2/c7-3(8,1(17)5(11,12)13)4(9,10)2(18)6(14,15)16. The minimum atomic E-state index is -6.85. The second-order valence-electron chi connectivity index (χ2n) is 2.80. The highest BCUT2D eigenvalue weighted by Crippen LogP contribution is 2.43. The molecule has 0 aliphatic carbocycles. The van der Waals surface area contributed by atoms with Gasteiger partial charge in [-0.25, -0.2) is 0 Å². The molecule has 0 radical (unpaired) electrons. The van der Waals surface area contributed by atoms with Crippen LogP contribution < -0.4 is 0 Å². The fourth-order valence-corrected chi connectivity index (χ4v) is 0.641. The van der Waals surface area contributed by atoms with Crippen LogP contribution in [0.4, 0.5) is 43.9 Å². The highest BCUT2D eigenvalue weighted by molar-refractivity contribution is 6.01. The number of ketones is 2. The van der Waals surface area contributed by atoms with Gasteiger partial charge in [-0.2, -0.15) is 43.9 Å². The summed E-state index contributed by atoms with van der Waals surface area (Å²) in [6.45, 7) is 0. The van der Waals surface area contributed by atoms with E-state index in [0.717, 1.165) is 0 Å². The molecule has 0 rings (SSSR count). The van der Waals surface area contributed by atoms with Crippen LogP contribution >= 0.6 is 0 Å². The first kappa shape index (κ1) is 16.6. The van der Waals surface area contributed by atoms with Crippen LogP contribution in [-0.2, 0) is 9.59 Å². The predicted octanol–water partition coefficient (Wildman–Crippen LogP) is 2.52. The molecule has 18 heavy (non-hydrogen) atoms. The summed E-state index contributed by atoms with van der Waals surface area (Å²) in [4.78, 5) is 19.8. The molecule has 0 fully saturated rings. The number of alkyl halides is 10. The third-order valence-corrected chi connectivity index (χ3v) is 1.48. The maximum Gasteiger partial charge on any atom is 0.456 e. The largest absolute Gasteiger partial charge is 0.456 e. The molecule has 0 aliphatic heterocycles. The Hall–Kier alpha value is -1.36. The van der Waals surface area contributed by atoms with Gasteiger partial charge in [-0.15, -0.1) is 0 Å². The van der Waals surface area contributed by atoms with Crippen LogP contribution in [0.25, 0.3) is 0 Å². The number of rotatable bonds is 3. The van der Waals surface area contributed by atoms with Crippen molar-refractivity contribution < 1.29 is 53.5 Å². The van der Waals surface area contributed by atoms with Gasteiger partial charge in [-0.05, 0) is 0 Å². The topological polar surface area (TPSA) is 34.1 Å². The van der Waals surface area contributed by atoms with Crippen molar-refractivity contribution in [3.8, 4) is 0 Å².